The van der Waals surface area contributed by atoms with Crippen molar-refractivity contribution in [3.8, 4) is 0 Å². The molecule has 0 saturated carbocycles. The zero-order chi connectivity index (χ0) is 14.5. The summed E-state index contributed by atoms with van der Waals surface area (Å²) in [7, 11) is 0. The molecule has 20 heavy (non-hydrogen) atoms. The van der Waals surface area contributed by atoms with E-state index in [4.69, 9.17) is 18.0 Å². The SMILES string of the molecule is CCCC1CCN(C(=O)c2ccc(C(N)=S)cc2)CC1. The van der Waals surface area contributed by atoms with Gasteiger partial charge in [-0.15, -0.1) is 0 Å². The van der Waals surface area contributed by atoms with Crippen LogP contribution in [-0.4, -0.2) is 28.9 Å². The molecule has 0 spiro atoms. The third-order valence-electron chi connectivity index (χ3n) is 4.02. The van der Waals surface area contributed by atoms with Gasteiger partial charge < -0.3 is 10.6 Å². The van der Waals surface area contributed by atoms with Gasteiger partial charge in [-0.2, -0.15) is 0 Å². The number of likely N-dealkylation sites (tertiary alicyclic amines) is 1. The molecular weight excluding hydrogens is 268 g/mol. The number of amides is 1. The molecule has 0 radical (unpaired) electrons. The van der Waals surface area contributed by atoms with Crippen molar-refractivity contribution in [2.24, 2.45) is 11.7 Å². The Balaban J connectivity index is 1.96. The molecule has 1 aliphatic rings. The largest absolute Gasteiger partial charge is 0.389 e. The fraction of sp³-hybridized carbons (Fsp3) is 0.500. The minimum absolute atomic E-state index is 0.120. The van der Waals surface area contributed by atoms with Gasteiger partial charge in [0.1, 0.15) is 4.99 Å². The number of benzene rings is 1. The van der Waals surface area contributed by atoms with Crippen molar-refractivity contribution in [2.45, 2.75) is 32.6 Å². The fourth-order valence-electron chi connectivity index (χ4n) is 2.79. The second-order valence-corrected chi connectivity index (χ2v) is 5.91. The van der Waals surface area contributed by atoms with Crippen LogP contribution in [0.1, 0.15) is 48.5 Å². The van der Waals surface area contributed by atoms with Gasteiger partial charge >= 0.3 is 0 Å². The first-order chi connectivity index (χ1) is 9.61. The Hall–Kier alpha value is -1.42. The molecule has 0 aromatic heterocycles. The summed E-state index contributed by atoms with van der Waals surface area (Å²) in [6, 6.07) is 7.27. The summed E-state index contributed by atoms with van der Waals surface area (Å²) in [6.45, 7) is 3.97. The van der Waals surface area contributed by atoms with Crippen LogP contribution in [0.5, 0.6) is 0 Å². The molecule has 1 aliphatic heterocycles. The first-order valence-electron chi connectivity index (χ1n) is 7.31. The number of nitrogens with two attached hydrogens (primary N) is 1. The van der Waals surface area contributed by atoms with Crippen molar-refractivity contribution in [3.05, 3.63) is 35.4 Å². The lowest BCUT2D eigenvalue weighted by Gasteiger charge is -2.32. The quantitative estimate of drug-likeness (QED) is 0.867. The van der Waals surface area contributed by atoms with Crippen LogP contribution in [0.15, 0.2) is 24.3 Å². The molecule has 0 unspecified atom stereocenters. The van der Waals surface area contributed by atoms with Gasteiger partial charge in [-0.1, -0.05) is 44.1 Å². The van der Waals surface area contributed by atoms with Gasteiger partial charge in [-0.3, -0.25) is 4.79 Å². The van der Waals surface area contributed by atoms with Gasteiger partial charge in [0.15, 0.2) is 0 Å². The summed E-state index contributed by atoms with van der Waals surface area (Å²) in [6.07, 6.45) is 4.78. The minimum atomic E-state index is 0.120. The van der Waals surface area contributed by atoms with E-state index in [1.807, 2.05) is 29.2 Å². The molecule has 1 saturated heterocycles. The standard InChI is InChI=1S/C16H22N2OS/c1-2-3-12-8-10-18(11-9-12)16(19)14-6-4-13(5-7-14)15(17)20/h4-7,12H,2-3,8-11H2,1H3,(H2,17,20). The summed E-state index contributed by atoms with van der Waals surface area (Å²) < 4.78 is 0. The van der Waals surface area contributed by atoms with Crippen molar-refractivity contribution in [3.63, 3.8) is 0 Å². The van der Waals surface area contributed by atoms with Crippen LogP contribution < -0.4 is 5.73 Å². The van der Waals surface area contributed by atoms with Crippen LogP contribution in [0.2, 0.25) is 0 Å². The number of rotatable bonds is 4. The Morgan fingerprint density at radius 3 is 2.30 bits per heavy atom. The zero-order valence-corrected chi connectivity index (χ0v) is 12.8. The molecule has 0 atom stereocenters. The summed E-state index contributed by atoms with van der Waals surface area (Å²) in [4.78, 5) is 14.7. The highest BCUT2D eigenvalue weighted by molar-refractivity contribution is 7.80. The average molecular weight is 290 g/mol. The first kappa shape index (κ1) is 15.0. The number of carbonyl (C=O) groups excluding carboxylic acids is 1. The van der Waals surface area contributed by atoms with E-state index in [2.05, 4.69) is 6.92 Å². The Morgan fingerprint density at radius 2 is 1.80 bits per heavy atom. The number of carbonyl (C=O) groups is 1. The smallest absolute Gasteiger partial charge is 0.253 e. The monoisotopic (exact) mass is 290 g/mol. The molecule has 2 N–H and O–H groups in total. The first-order valence-corrected chi connectivity index (χ1v) is 7.71. The number of thiocarbonyl (C=S) groups is 1. The maximum atomic E-state index is 12.4. The van der Waals surface area contributed by atoms with E-state index in [9.17, 15) is 4.79 Å². The molecule has 108 valence electrons. The Morgan fingerprint density at radius 1 is 1.25 bits per heavy atom. The van der Waals surface area contributed by atoms with Crippen LogP contribution in [-0.2, 0) is 0 Å². The average Bonchev–Trinajstić information content (AvgIpc) is 2.48. The summed E-state index contributed by atoms with van der Waals surface area (Å²) in [5, 5.41) is 0. The lowest BCUT2D eigenvalue weighted by Crippen LogP contribution is -2.38. The molecule has 4 heteroatoms. The van der Waals surface area contributed by atoms with Crippen LogP contribution >= 0.6 is 12.2 Å². The Labute approximate surface area is 126 Å². The summed E-state index contributed by atoms with van der Waals surface area (Å²) in [5.41, 5.74) is 7.09. The van der Waals surface area contributed by atoms with E-state index in [1.54, 1.807) is 0 Å². The third kappa shape index (κ3) is 3.57. The Bertz CT molecular complexity index is 476. The van der Waals surface area contributed by atoms with Crippen molar-refractivity contribution in [2.75, 3.05) is 13.1 Å². The molecule has 1 aromatic carbocycles. The fourth-order valence-corrected chi connectivity index (χ4v) is 2.93. The van der Waals surface area contributed by atoms with Crippen molar-refractivity contribution in [1.82, 2.24) is 4.90 Å². The maximum absolute atomic E-state index is 12.4. The molecule has 0 bridgehead atoms. The number of nitrogens with zero attached hydrogens (tertiary/aromatic N) is 1. The van der Waals surface area contributed by atoms with Gasteiger partial charge in [0.25, 0.3) is 5.91 Å². The normalized spacial score (nSPS) is 16.1. The maximum Gasteiger partial charge on any atom is 0.253 e. The van der Waals surface area contributed by atoms with E-state index in [0.29, 0.717) is 4.99 Å². The van der Waals surface area contributed by atoms with Gasteiger partial charge in [0.2, 0.25) is 0 Å². The van der Waals surface area contributed by atoms with Gasteiger partial charge in [-0.25, -0.2) is 0 Å². The summed E-state index contributed by atoms with van der Waals surface area (Å²) >= 11 is 4.92. The van der Waals surface area contributed by atoms with Gasteiger partial charge in [0, 0.05) is 24.2 Å². The number of piperidine rings is 1. The van der Waals surface area contributed by atoms with Gasteiger partial charge in [0.05, 0.1) is 0 Å². The highest BCUT2D eigenvalue weighted by Crippen LogP contribution is 2.22. The van der Waals surface area contributed by atoms with Gasteiger partial charge in [-0.05, 0) is 30.9 Å². The van der Waals surface area contributed by atoms with E-state index in [-0.39, 0.29) is 5.91 Å². The van der Waals surface area contributed by atoms with E-state index < -0.39 is 0 Å². The topological polar surface area (TPSA) is 46.3 Å². The lowest BCUT2D eigenvalue weighted by molar-refractivity contribution is 0.0686. The predicted molar refractivity (Wildman–Crippen MR) is 85.9 cm³/mol. The molecule has 1 fully saturated rings. The highest BCUT2D eigenvalue weighted by atomic mass is 32.1. The van der Waals surface area contributed by atoms with E-state index >= 15 is 0 Å². The second kappa shape index (κ2) is 6.84. The summed E-state index contributed by atoms with van der Waals surface area (Å²) in [5.74, 6) is 0.912. The van der Waals surface area contributed by atoms with Crippen molar-refractivity contribution >= 4 is 23.1 Å². The highest BCUT2D eigenvalue weighted by Gasteiger charge is 2.22. The van der Waals surface area contributed by atoms with Crippen molar-refractivity contribution in [1.29, 1.82) is 0 Å². The van der Waals surface area contributed by atoms with Crippen molar-refractivity contribution < 1.29 is 4.79 Å². The van der Waals surface area contributed by atoms with Crippen LogP contribution in [0, 0.1) is 5.92 Å². The number of hydrogen-bond acceptors (Lipinski definition) is 2. The molecular formula is C16H22N2OS. The Kier molecular flexibility index (Phi) is 5.12. The molecule has 1 aromatic rings. The van der Waals surface area contributed by atoms with Crippen LogP contribution in [0.25, 0.3) is 0 Å². The van der Waals surface area contributed by atoms with Crippen LogP contribution in [0.3, 0.4) is 0 Å². The molecule has 1 amide bonds. The third-order valence-corrected chi connectivity index (χ3v) is 4.25. The molecule has 2 rings (SSSR count). The van der Waals surface area contributed by atoms with Crippen LogP contribution in [0.4, 0.5) is 0 Å². The number of hydrogen-bond donors (Lipinski definition) is 1. The molecule has 3 nitrogen and oxygen atoms in total. The second-order valence-electron chi connectivity index (χ2n) is 5.47. The minimum Gasteiger partial charge on any atom is -0.389 e. The van der Waals surface area contributed by atoms with E-state index in [1.165, 1.54) is 12.8 Å². The lowest BCUT2D eigenvalue weighted by atomic mass is 9.92. The predicted octanol–water partition coefficient (Wildman–Crippen LogP) is 2.97. The molecule has 0 aliphatic carbocycles. The van der Waals surface area contributed by atoms with E-state index in [0.717, 1.165) is 43.0 Å². The molecule has 1 heterocycles. The zero-order valence-electron chi connectivity index (χ0n) is 12.0.